The first-order chi connectivity index (χ1) is 17.7. The third-order valence-electron chi connectivity index (χ3n) is 5.30. The highest BCUT2D eigenvalue weighted by atomic mass is 19.4. The standard InChI is InChI=1S/C26H22F3N5O3/c1-34-25(36)23(22(16-32-34)37-21-7-4-5-18(15-21)26(27,28)29)33-20-10-8-17(9-11-20)24(35)31-14-12-19-6-2-3-13-30-19/h2-11,13,15-16,33H,12,14H2,1H3,(H,31,35). The van der Waals surface area contributed by atoms with Crippen molar-refractivity contribution in [2.24, 2.45) is 7.05 Å². The molecule has 11 heteroatoms. The maximum atomic E-state index is 13.1. The zero-order valence-corrected chi connectivity index (χ0v) is 19.6. The van der Waals surface area contributed by atoms with Gasteiger partial charge in [0.25, 0.3) is 11.5 Å². The van der Waals surface area contributed by atoms with Crippen LogP contribution in [0.25, 0.3) is 0 Å². The van der Waals surface area contributed by atoms with Crippen LogP contribution in [0, 0.1) is 0 Å². The summed E-state index contributed by atoms with van der Waals surface area (Å²) in [5.41, 5.74) is 0.273. The molecule has 0 bridgehead atoms. The summed E-state index contributed by atoms with van der Waals surface area (Å²) in [5, 5.41) is 9.64. The molecule has 2 aromatic carbocycles. The molecule has 0 spiro atoms. The average Bonchev–Trinajstić information content (AvgIpc) is 2.89. The van der Waals surface area contributed by atoms with E-state index in [0.29, 0.717) is 24.2 Å². The highest BCUT2D eigenvalue weighted by Gasteiger charge is 2.30. The summed E-state index contributed by atoms with van der Waals surface area (Å²) in [6, 6.07) is 16.2. The Bertz CT molecular complexity index is 1440. The van der Waals surface area contributed by atoms with Crippen LogP contribution >= 0.6 is 0 Å². The molecular formula is C26H22F3N5O3. The van der Waals surface area contributed by atoms with Crippen LogP contribution in [-0.4, -0.2) is 27.2 Å². The minimum absolute atomic E-state index is 0.0255. The van der Waals surface area contributed by atoms with E-state index in [9.17, 15) is 22.8 Å². The van der Waals surface area contributed by atoms with E-state index in [-0.39, 0.29) is 23.1 Å². The molecule has 0 saturated heterocycles. The molecule has 0 fully saturated rings. The molecule has 2 N–H and O–H groups in total. The second-order valence-electron chi connectivity index (χ2n) is 7.97. The Balaban J connectivity index is 1.47. The van der Waals surface area contributed by atoms with Crippen molar-refractivity contribution in [3.8, 4) is 11.5 Å². The van der Waals surface area contributed by atoms with Crippen LogP contribution in [0.1, 0.15) is 21.6 Å². The van der Waals surface area contributed by atoms with Gasteiger partial charge in [-0.05, 0) is 54.6 Å². The van der Waals surface area contributed by atoms with E-state index in [1.165, 1.54) is 25.4 Å². The van der Waals surface area contributed by atoms with Gasteiger partial charge in [0.2, 0.25) is 0 Å². The van der Waals surface area contributed by atoms with Gasteiger partial charge in [-0.2, -0.15) is 18.3 Å². The molecule has 8 nitrogen and oxygen atoms in total. The first-order valence-electron chi connectivity index (χ1n) is 11.2. The normalized spacial score (nSPS) is 11.1. The van der Waals surface area contributed by atoms with E-state index in [2.05, 4.69) is 20.7 Å². The minimum Gasteiger partial charge on any atom is -0.453 e. The van der Waals surface area contributed by atoms with Crippen LogP contribution in [0.15, 0.2) is 83.9 Å². The van der Waals surface area contributed by atoms with Gasteiger partial charge in [-0.3, -0.25) is 14.6 Å². The molecule has 0 radical (unpaired) electrons. The van der Waals surface area contributed by atoms with Crippen molar-refractivity contribution in [1.29, 1.82) is 0 Å². The van der Waals surface area contributed by atoms with Crippen molar-refractivity contribution in [3.63, 3.8) is 0 Å². The first kappa shape index (κ1) is 25.4. The number of ether oxygens (including phenoxy) is 1. The van der Waals surface area contributed by atoms with Gasteiger partial charge in [-0.15, -0.1) is 0 Å². The summed E-state index contributed by atoms with van der Waals surface area (Å²) < 4.78 is 45.8. The third-order valence-corrected chi connectivity index (χ3v) is 5.30. The van der Waals surface area contributed by atoms with Crippen molar-refractivity contribution >= 4 is 17.3 Å². The quantitative estimate of drug-likeness (QED) is 0.357. The van der Waals surface area contributed by atoms with Crippen LogP contribution < -0.4 is 20.9 Å². The van der Waals surface area contributed by atoms with Gasteiger partial charge in [-0.1, -0.05) is 12.1 Å². The van der Waals surface area contributed by atoms with Crippen molar-refractivity contribution in [2.75, 3.05) is 11.9 Å². The highest BCUT2D eigenvalue weighted by molar-refractivity contribution is 5.94. The van der Waals surface area contributed by atoms with E-state index in [1.54, 1.807) is 30.5 Å². The number of nitrogens with one attached hydrogen (secondary N) is 2. The Morgan fingerprint density at radius 1 is 1.05 bits per heavy atom. The molecule has 0 unspecified atom stereocenters. The predicted octanol–water partition coefficient (Wildman–Crippen LogP) is 4.70. The molecule has 37 heavy (non-hydrogen) atoms. The molecule has 4 rings (SSSR count). The molecule has 0 aliphatic heterocycles. The lowest BCUT2D eigenvalue weighted by Crippen LogP contribution is -2.25. The third kappa shape index (κ3) is 6.51. The number of benzene rings is 2. The number of pyridine rings is 1. The fourth-order valence-corrected chi connectivity index (χ4v) is 3.38. The number of anilines is 2. The van der Waals surface area contributed by atoms with Gasteiger partial charge in [0, 0.05) is 43.2 Å². The molecule has 1 amide bonds. The number of carbonyl (C=O) groups is 1. The molecule has 2 aromatic heterocycles. The Morgan fingerprint density at radius 3 is 2.54 bits per heavy atom. The van der Waals surface area contributed by atoms with Gasteiger partial charge in [0.05, 0.1) is 11.8 Å². The number of hydrogen-bond acceptors (Lipinski definition) is 6. The Hall–Kier alpha value is -4.67. The molecule has 4 aromatic rings. The van der Waals surface area contributed by atoms with Crippen molar-refractivity contribution < 1.29 is 22.7 Å². The van der Waals surface area contributed by atoms with Gasteiger partial charge in [-0.25, -0.2) is 4.68 Å². The minimum atomic E-state index is -4.54. The second kappa shape index (κ2) is 10.9. The number of alkyl halides is 3. The molecule has 0 aliphatic rings. The van der Waals surface area contributed by atoms with Crippen molar-refractivity contribution in [3.05, 3.63) is 106 Å². The Labute approximate surface area is 209 Å². The summed E-state index contributed by atoms with van der Waals surface area (Å²) in [5.74, 6) is -0.430. The zero-order chi connectivity index (χ0) is 26.4. The number of nitrogens with zero attached hydrogens (tertiary/aromatic N) is 3. The van der Waals surface area contributed by atoms with Crippen LogP contribution in [-0.2, 0) is 19.6 Å². The van der Waals surface area contributed by atoms with Crippen molar-refractivity contribution in [2.45, 2.75) is 12.6 Å². The summed E-state index contributed by atoms with van der Waals surface area (Å²) in [6.45, 7) is 0.416. The smallest absolute Gasteiger partial charge is 0.416 e. The number of amides is 1. The summed E-state index contributed by atoms with van der Waals surface area (Å²) in [6.07, 6.45) is -1.04. The number of carbonyl (C=O) groups excluding carboxylic acids is 1. The van der Waals surface area contributed by atoms with Gasteiger partial charge in [0.15, 0.2) is 11.4 Å². The fraction of sp³-hybridized carbons (Fsp3) is 0.154. The van der Waals surface area contributed by atoms with Gasteiger partial charge in [0.1, 0.15) is 5.75 Å². The van der Waals surface area contributed by atoms with Crippen LogP contribution in [0.4, 0.5) is 24.5 Å². The molecule has 2 heterocycles. The second-order valence-corrected chi connectivity index (χ2v) is 7.97. The summed E-state index contributed by atoms with van der Waals surface area (Å²) in [7, 11) is 1.43. The summed E-state index contributed by atoms with van der Waals surface area (Å²) >= 11 is 0. The number of aryl methyl sites for hydroxylation is 1. The van der Waals surface area contributed by atoms with E-state index < -0.39 is 17.3 Å². The lowest BCUT2D eigenvalue weighted by Gasteiger charge is -2.14. The molecule has 190 valence electrons. The number of rotatable bonds is 8. The molecular weight excluding hydrogens is 487 g/mol. The molecule has 0 saturated carbocycles. The van der Waals surface area contributed by atoms with E-state index in [4.69, 9.17) is 4.74 Å². The van der Waals surface area contributed by atoms with Crippen molar-refractivity contribution in [1.82, 2.24) is 20.1 Å². The zero-order valence-electron chi connectivity index (χ0n) is 19.6. The lowest BCUT2D eigenvalue weighted by atomic mass is 10.2. The monoisotopic (exact) mass is 509 g/mol. The highest BCUT2D eigenvalue weighted by Crippen LogP contribution is 2.34. The molecule has 0 atom stereocenters. The fourth-order valence-electron chi connectivity index (χ4n) is 3.38. The largest absolute Gasteiger partial charge is 0.453 e. The number of hydrogen-bond donors (Lipinski definition) is 2. The predicted molar refractivity (Wildman–Crippen MR) is 131 cm³/mol. The van der Waals surface area contributed by atoms with E-state index in [1.807, 2.05) is 18.2 Å². The van der Waals surface area contributed by atoms with Gasteiger partial charge < -0.3 is 15.4 Å². The van der Waals surface area contributed by atoms with E-state index in [0.717, 1.165) is 22.5 Å². The Morgan fingerprint density at radius 2 is 1.84 bits per heavy atom. The lowest BCUT2D eigenvalue weighted by molar-refractivity contribution is -0.137. The average molecular weight is 509 g/mol. The maximum Gasteiger partial charge on any atom is 0.416 e. The summed E-state index contributed by atoms with van der Waals surface area (Å²) in [4.78, 5) is 29.4. The maximum absolute atomic E-state index is 13.1. The SMILES string of the molecule is Cn1ncc(Oc2cccc(C(F)(F)F)c2)c(Nc2ccc(C(=O)NCCc3ccccn3)cc2)c1=O. The van der Waals surface area contributed by atoms with Crippen LogP contribution in [0.5, 0.6) is 11.5 Å². The Kier molecular flexibility index (Phi) is 7.52. The van der Waals surface area contributed by atoms with E-state index >= 15 is 0 Å². The number of halogens is 3. The first-order valence-corrected chi connectivity index (χ1v) is 11.2. The topological polar surface area (TPSA) is 98.1 Å². The number of aromatic nitrogens is 3. The van der Waals surface area contributed by atoms with Crippen LogP contribution in [0.3, 0.4) is 0 Å². The van der Waals surface area contributed by atoms with Crippen LogP contribution in [0.2, 0.25) is 0 Å². The molecule has 0 aliphatic carbocycles. The van der Waals surface area contributed by atoms with Gasteiger partial charge >= 0.3 is 6.18 Å².